The zero-order valence-corrected chi connectivity index (χ0v) is 5.97. The van der Waals surface area contributed by atoms with Crippen molar-refractivity contribution in [3.05, 3.63) is 40.7 Å². The number of H-pyrrole nitrogens is 1. The molecule has 0 saturated carbocycles. The molecule has 0 atom stereocenters. The second kappa shape index (κ2) is 5.78. The molecule has 1 aromatic rings. The SMILES string of the molecule is O=C([O-])[N+](=O)[O-].c1cc[nH+]cc1. The van der Waals surface area contributed by atoms with Crippen molar-refractivity contribution < 1.29 is 19.8 Å². The first kappa shape index (κ1) is 10.0. The Balaban J connectivity index is 0.000000202. The van der Waals surface area contributed by atoms with Crippen molar-refractivity contribution in [2.24, 2.45) is 0 Å². The molecule has 0 unspecified atom stereocenters. The number of nitrogens with zero attached hydrogens (tertiary/aromatic N) is 1. The topological polar surface area (TPSA) is 97.4 Å². The molecule has 0 spiro atoms. The van der Waals surface area contributed by atoms with E-state index in [0.717, 1.165) is 0 Å². The monoisotopic (exact) mass is 170 g/mol. The summed E-state index contributed by atoms with van der Waals surface area (Å²) in [6.07, 6.45) is 1.48. The van der Waals surface area contributed by atoms with Gasteiger partial charge in [0.2, 0.25) is 0 Å². The number of rotatable bonds is 0. The lowest BCUT2D eigenvalue weighted by Gasteiger charge is -1.81. The molecule has 6 heteroatoms. The number of nitrogens with one attached hydrogen (secondary N) is 1. The fourth-order valence-corrected chi connectivity index (χ4v) is 0.342. The molecule has 0 radical (unpaired) electrons. The molecule has 1 N–H and O–H groups in total. The van der Waals surface area contributed by atoms with Crippen LogP contribution in [0.3, 0.4) is 0 Å². The summed E-state index contributed by atoms with van der Waals surface area (Å²) in [7, 11) is 0. The standard InChI is InChI=1S/C5H5N.CHNO4/c1-2-4-6-5-3-1;3-1(4)2(5)6/h1-5H;(H,3,4). The number of aromatic amines is 1. The summed E-state index contributed by atoms with van der Waals surface area (Å²) >= 11 is 0. The maximum Gasteiger partial charge on any atom is 0.401 e. The van der Waals surface area contributed by atoms with Gasteiger partial charge in [0.15, 0.2) is 12.4 Å². The van der Waals surface area contributed by atoms with Gasteiger partial charge in [-0.1, -0.05) is 6.07 Å². The third-order valence-corrected chi connectivity index (χ3v) is 0.756. The molecule has 1 rings (SSSR count). The second-order valence-electron chi connectivity index (χ2n) is 1.60. The fourth-order valence-electron chi connectivity index (χ4n) is 0.342. The van der Waals surface area contributed by atoms with E-state index in [1.54, 1.807) is 0 Å². The Morgan fingerprint density at radius 3 is 1.75 bits per heavy atom. The van der Waals surface area contributed by atoms with E-state index in [4.69, 9.17) is 20.0 Å². The number of aromatic nitrogens is 1. The van der Waals surface area contributed by atoms with Crippen LogP contribution in [-0.2, 0) is 0 Å². The van der Waals surface area contributed by atoms with Crippen LogP contribution in [0.5, 0.6) is 0 Å². The third kappa shape index (κ3) is 6.14. The van der Waals surface area contributed by atoms with Crippen molar-refractivity contribution in [3.63, 3.8) is 0 Å². The average molecular weight is 170 g/mol. The summed E-state index contributed by atoms with van der Waals surface area (Å²) in [5, 5.41) is 17.7. The fraction of sp³-hybridized carbons (Fsp3) is 0. The molecular formula is C6H6N2O4. The minimum absolute atomic E-state index is 1.53. The Bertz CT molecular complexity index is 210. The van der Waals surface area contributed by atoms with Crippen LogP contribution in [0.4, 0.5) is 4.79 Å². The van der Waals surface area contributed by atoms with Gasteiger partial charge in [-0.25, -0.2) is 4.98 Å². The lowest BCUT2D eigenvalue weighted by Crippen LogP contribution is -2.28. The van der Waals surface area contributed by atoms with Crippen molar-refractivity contribution in [3.8, 4) is 0 Å². The second-order valence-corrected chi connectivity index (χ2v) is 1.60. The van der Waals surface area contributed by atoms with Crippen molar-refractivity contribution in [1.29, 1.82) is 0 Å². The first-order valence-electron chi connectivity index (χ1n) is 2.91. The highest BCUT2D eigenvalue weighted by Gasteiger charge is 1.91. The molecule has 1 heterocycles. The molecule has 64 valence electrons. The Morgan fingerprint density at radius 1 is 1.25 bits per heavy atom. The van der Waals surface area contributed by atoms with Crippen LogP contribution in [0.15, 0.2) is 30.6 Å². The van der Waals surface area contributed by atoms with E-state index in [-0.39, 0.29) is 0 Å². The summed E-state index contributed by atoms with van der Waals surface area (Å²) in [5.74, 6) is 0. The molecule has 1 aromatic heterocycles. The minimum atomic E-state index is -2.27. The molecule has 0 aliphatic heterocycles. The molecule has 1 amide bonds. The smallest absolute Gasteiger partial charge is 0.401 e. The summed E-state index contributed by atoms with van der Waals surface area (Å²) in [6, 6.07) is 5.86. The van der Waals surface area contributed by atoms with Crippen molar-refractivity contribution >= 4 is 6.09 Å². The third-order valence-electron chi connectivity index (χ3n) is 0.756. The number of hydrogen-bond acceptors (Lipinski definition) is 4. The molecular weight excluding hydrogens is 164 g/mol. The minimum Gasteiger partial charge on any atom is -0.486 e. The van der Waals surface area contributed by atoms with E-state index < -0.39 is 11.0 Å². The van der Waals surface area contributed by atoms with Gasteiger partial charge in [-0.15, -0.1) is 0 Å². The van der Waals surface area contributed by atoms with Gasteiger partial charge < -0.3 is 9.90 Å². The van der Waals surface area contributed by atoms with Crippen molar-refractivity contribution in [2.75, 3.05) is 0 Å². The maximum atomic E-state index is 8.89. The van der Waals surface area contributed by atoms with Crippen LogP contribution in [0.25, 0.3) is 0 Å². The van der Waals surface area contributed by atoms with Gasteiger partial charge >= 0.3 is 6.09 Å². The highest BCUT2D eigenvalue weighted by atomic mass is 16.7. The van der Waals surface area contributed by atoms with E-state index in [1.807, 2.05) is 30.6 Å². The molecule has 6 nitrogen and oxygen atoms in total. The molecule has 0 aliphatic rings. The van der Waals surface area contributed by atoms with Crippen LogP contribution < -0.4 is 10.1 Å². The molecule has 0 aromatic carbocycles. The summed E-state index contributed by atoms with van der Waals surface area (Å²) in [5.41, 5.74) is 0. The number of hydrogen-bond donors (Lipinski definition) is 0. The van der Waals surface area contributed by atoms with Crippen LogP contribution in [0.1, 0.15) is 0 Å². The first-order valence-corrected chi connectivity index (χ1v) is 2.91. The predicted octanol–water partition coefficient (Wildman–Crippen LogP) is -0.893. The van der Waals surface area contributed by atoms with Gasteiger partial charge in [-0.2, -0.15) is 0 Å². The lowest BCUT2D eigenvalue weighted by molar-refractivity contribution is -0.481. The normalized spacial score (nSPS) is 7.67. The predicted molar refractivity (Wildman–Crippen MR) is 35.4 cm³/mol. The number of carbonyl (C=O) groups excluding carboxylic acids is 1. The van der Waals surface area contributed by atoms with Gasteiger partial charge in [0.25, 0.3) is 0 Å². The molecule has 12 heavy (non-hydrogen) atoms. The summed E-state index contributed by atoms with van der Waals surface area (Å²) < 4.78 is 0. The van der Waals surface area contributed by atoms with Crippen molar-refractivity contribution in [1.82, 2.24) is 0 Å². The largest absolute Gasteiger partial charge is 0.486 e. The summed E-state index contributed by atoms with van der Waals surface area (Å²) in [4.78, 5) is 19.1. The van der Waals surface area contributed by atoms with E-state index >= 15 is 0 Å². The molecule has 0 aliphatic carbocycles. The van der Waals surface area contributed by atoms with Gasteiger partial charge in [0.1, 0.15) is 0 Å². The molecule has 0 fully saturated rings. The van der Waals surface area contributed by atoms with Crippen molar-refractivity contribution in [2.45, 2.75) is 0 Å². The highest BCUT2D eigenvalue weighted by molar-refractivity contribution is 5.51. The van der Waals surface area contributed by atoms with Crippen LogP contribution >= 0.6 is 0 Å². The highest BCUT2D eigenvalue weighted by Crippen LogP contribution is 1.68. The van der Waals surface area contributed by atoms with Gasteiger partial charge in [0, 0.05) is 12.1 Å². The first-order chi connectivity index (χ1) is 5.64. The Labute approximate surface area is 67.6 Å². The number of carbonyl (C=O) groups is 1. The summed E-state index contributed by atoms with van der Waals surface area (Å²) in [6.45, 7) is 0. The van der Waals surface area contributed by atoms with Crippen LogP contribution in [0, 0.1) is 10.1 Å². The quantitative estimate of drug-likeness (QED) is 0.372. The van der Waals surface area contributed by atoms with Crippen LogP contribution in [-0.4, -0.2) is 11.0 Å². The number of pyridine rings is 1. The van der Waals surface area contributed by atoms with Gasteiger partial charge in [-0.3, -0.25) is 10.1 Å². The Kier molecular flexibility index (Phi) is 4.83. The van der Waals surface area contributed by atoms with E-state index in [9.17, 15) is 0 Å². The lowest BCUT2D eigenvalue weighted by atomic mass is 10.5. The zero-order valence-electron chi connectivity index (χ0n) is 5.97. The number of carboxylic acid groups (broad SMARTS) is 1. The Hall–Kier alpha value is -1.98. The zero-order chi connectivity index (χ0) is 9.40. The molecule has 0 bridgehead atoms. The van der Waals surface area contributed by atoms with Crippen LogP contribution in [0.2, 0.25) is 0 Å². The van der Waals surface area contributed by atoms with E-state index in [1.165, 1.54) is 0 Å². The average Bonchev–Trinajstić information content (AvgIpc) is 2.08. The molecule has 0 saturated heterocycles. The van der Waals surface area contributed by atoms with E-state index in [0.29, 0.717) is 0 Å². The Morgan fingerprint density at radius 2 is 1.67 bits per heavy atom. The number of nitro groups is 1. The van der Waals surface area contributed by atoms with E-state index in [2.05, 4.69) is 4.98 Å². The van der Waals surface area contributed by atoms with Gasteiger partial charge in [0.05, 0.1) is 4.92 Å². The number of amides is 1. The van der Waals surface area contributed by atoms with Gasteiger partial charge in [-0.05, 0) is 0 Å². The maximum absolute atomic E-state index is 8.89.